The zero-order chi connectivity index (χ0) is 13.7. The average molecular weight is 256 g/mol. The van der Waals surface area contributed by atoms with Crippen molar-refractivity contribution in [1.29, 1.82) is 0 Å². The molecule has 0 aliphatic rings. The van der Waals surface area contributed by atoms with Crippen LogP contribution in [-0.2, 0) is 6.54 Å². The van der Waals surface area contributed by atoms with E-state index in [-0.39, 0.29) is 0 Å². The van der Waals surface area contributed by atoms with Gasteiger partial charge in [0.1, 0.15) is 5.75 Å². The van der Waals surface area contributed by atoms with Crippen LogP contribution in [0.1, 0.15) is 12.5 Å². The van der Waals surface area contributed by atoms with Crippen molar-refractivity contribution in [3.63, 3.8) is 0 Å². The number of nitrogens with two attached hydrogens (primary N) is 1. The van der Waals surface area contributed by atoms with Gasteiger partial charge in [0.15, 0.2) is 0 Å². The first-order chi connectivity index (χ1) is 9.22. The highest BCUT2D eigenvalue weighted by atomic mass is 16.5. The molecule has 2 rings (SSSR count). The van der Waals surface area contributed by atoms with Gasteiger partial charge in [-0.05, 0) is 48.9 Å². The molecule has 0 aliphatic heterocycles. The predicted molar refractivity (Wildman–Crippen MR) is 80.6 cm³/mol. The van der Waals surface area contributed by atoms with Gasteiger partial charge >= 0.3 is 0 Å². The summed E-state index contributed by atoms with van der Waals surface area (Å²) in [5, 5.41) is 0. The Morgan fingerprint density at radius 1 is 1.11 bits per heavy atom. The van der Waals surface area contributed by atoms with Crippen molar-refractivity contribution in [3.8, 4) is 5.75 Å². The van der Waals surface area contributed by atoms with Crippen LogP contribution in [0.3, 0.4) is 0 Å². The largest absolute Gasteiger partial charge is 0.497 e. The summed E-state index contributed by atoms with van der Waals surface area (Å²) in [5.41, 5.74) is 8.93. The standard InChI is InChI=1S/C16H20N2O/c1-3-18(15-9-7-14(17)8-10-15)12-13-5-4-6-16(11-13)19-2/h4-11H,3,12,17H2,1-2H3. The van der Waals surface area contributed by atoms with Crippen molar-refractivity contribution >= 4 is 11.4 Å². The van der Waals surface area contributed by atoms with Gasteiger partial charge in [0.25, 0.3) is 0 Å². The van der Waals surface area contributed by atoms with E-state index in [2.05, 4.69) is 36.1 Å². The molecule has 0 unspecified atom stereocenters. The molecule has 0 atom stereocenters. The third-order valence-electron chi connectivity index (χ3n) is 3.15. The number of rotatable bonds is 5. The Morgan fingerprint density at radius 2 is 1.84 bits per heavy atom. The number of ether oxygens (including phenoxy) is 1. The van der Waals surface area contributed by atoms with Crippen LogP contribution in [0.2, 0.25) is 0 Å². The van der Waals surface area contributed by atoms with Crippen LogP contribution in [0.4, 0.5) is 11.4 Å². The molecule has 0 spiro atoms. The quantitative estimate of drug-likeness (QED) is 0.834. The zero-order valence-corrected chi connectivity index (χ0v) is 11.5. The summed E-state index contributed by atoms with van der Waals surface area (Å²) in [7, 11) is 1.69. The van der Waals surface area contributed by atoms with Crippen molar-refractivity contribution in [2.24, 2.45) is 0 Å². The SMILES string of the molecule is CCN(Cc1cccc(OC)c1)c1ccc(N)cc1. The van der Waals surface area contributed by atoms with Gasteiger partial charge in [-0.15, -0.1) is 0 Å². The second-order valence-electron chi connectivity index (χ2n) is 4.46. The van der Waals surface area contributed by atoms with Crippen LogP contribution >= 0.6 is 0 Å². The van der Waals surface area contributed by atoms with Crippen molar-refractivity contribution in [2.45, 2.75) is 13.5 Å². The van der Waals surface area contributed by atoms with E-state index in [9.17, 15) is 0 Å². The van der Waals surface area contributed by atoms with Crippen molar-refractivity contribution in [1.82, 2.24) is 0 Å². The van der Waals surface area contributed by atoms with Crippen molar-refractivity contribution in [3.05, 3.63) is 54.1 Å². The molecule has 0 fully saturated rings. The predicted octanol–water partition coefficient (Wildman–Crippen LogP) is 3.30. The Kier molecular flexibility index (Phi) is 4.29. The van der Waals surface area contributed by atoms with Crippen LogP contribution in [0, 0.1) is 0 Å². The molecule has 19 heavy (non-hydrogen) atoms. The Labute approximate surface area is 114 Å². The Balaban J connectivity index is 2.16. The second kappa shape index (κ2) is 6.14. The maximum Gasteiger partial charge on any atom is 0.119 e. The third kappa shape index (κ3) is 3.41. The summed E-state index contributed by atoms with van der Waals surface area (Å²) in [4.78, 5) is 2.30. The summed E-state index contributed by atoms with van der Waals surface area (Å²) in [6.07, 6.45) is 0. The van der Waals surface area contributed by atoms with E-state index in [0.717, 1.165) is 24.5 Å². The molecule has 0 heterocycles. The van der Waals surface area contributed by atoms with Gasteiger partial charge in [-0.1, -0.05) is 12.1 Å². The van der Waals surface area contributed by atoms with Crippen LogP contribution < -0.4 is 15.4 Å². The normalized spacial score (nSPS) is 10.2. The first kappa shape index (κ1) is 13.3. The molecule has 0 saturated heterocycles. The topological polar surface area (TPSA) is 38.5 Å². The monoisotopic (exact) mass is 256 g/mol. The Bertz CT molecular complexity index is 523. The molecular formula is C16H20N2O. The van der Waals surface area contributed by atoms with Crippen LogP contribution in [-0.4, -0.2) is 13.7 Å². The molecule has 3 heteroatoms. The van der Waals surface area contributed by atoms with Gasteiger partial charge in [0, 0.05) is 24.5 Å². The van der Waals surface area contributed by atoms with Gasteiger partial charge < -0.3 is 15.4 Å². The second-order valence-corrected chi connectivity index (χ2v) is 4.46. The number of anilines is 2. The van der Waals surface area contributed by atoms with E-state index < -0.39 is 0 Å². The number of benzene rings is 2. The Hall–Kier alpha value is -2.16. The third-order valence-corrected chi connectivity index (χ3v) is 3.15. The molecule has 0 radical (unpaired) electrons. The van der Waals surface area contributed by atoms with Crippen molar-refractivity contribution in [2.75, 3.05) is 24.3 Å². The van der Waals surface area contributed by atoms with Gasteiger partial charge in [0.2, 0.25) is 0 Å². The lowest BCUT2D eigenvalue weighted by molar-refractivity contribution is 0.414. The molecule has 0 aromatic heterocycles. The highest BCUT2D eigenvalue weighted by molar-refractivity contribution is 5.53. The maximum absolute atomic E-state index is 5.72. The fourth-order valence-corrected chi connectivity index (χ4v) is 2.06. The molecule has 2 N–H and O–H groups in total. The number of hydrogen-bond acceptors (Lipinski definition) is 3. The number of nitrogen functional groups attached to an aromatic ring is 1. The molecule has 0 aliphatic carbocycles. The summed E-state index contributed by atoms with van der Waals surface area (Å²) in [6.45, 7) is 3.95. The number of hydrogen-bond donors (Lipinski definition) is 1. The van der Waals surface area contributed by atoms with E-state index in [0.29, 0.717) is 0 Å². The van der Waals surface area contributed by atoms with E-state index >= 15 is 0 Å². The van der Waals surface area contributed by atoms with Gasteiger partial charge in [-0.25, -0.2) is 0 Å². The smallest absolute Gasteiger partial charge is 0.119 e. The summed E-state index contributed by atoms with van der Waals surface area (Å²) >= 11 is 0. The molecule has 0 saturated carbocycles. The summed E-state index contributed by atoms with van der Waals surface area (Å²) in [6, 6.07) is 16.1. The minimum Gasteiger partial charge on any atom is -0.497 e. The molecular weight excluding hydrogens is 236 g/mol. The maximum atomic E-state index is 5.72. The van der Waals surface area contributed by atoms with Crippen molar-refractivity contribution < 1.29 is 4.74 Å². The fourth-order valence-electron chi connectivity index (χ4n) is 2.06. The van der Waals surface area contributed by atoms with E-state index in [4.69, 9.17) is 10.5 Å². The Morgan fingerprint density at radius 3 is 2.47 bits per heavy atom. The number of nitrogens with zero attached hydrogens (tertiary/aromatic N) is 1. The van der Waals surface area contributed by atoms with E-state index in [1.165, 1.54) is 11.3 Å². The molecule has 3 nitrogen and oxygen atoms in total. The molecule has 2 aromatic rings. The molecule has 100 valence electrons. The van der Waals surface area contributed by atoms with Gasteiger partial charge in [-0.3, -0.25) is 0 Å². The summed E-state index contributed by atoms with van der Waals surface area (Å²) < 4.78 is 5.26. The lowest BCUT2D eigenvalue weighted by Gasteiger charge is -2.23. The molecule has 0 amide bonds. The first-order valence-electron chi connectivity index (χ1n) is 6.46. The summed E-state index contributed by atoms with van der Waals surface area (Å²) in [5.74, 6) is 0.894. The number of methoxy groups -OCH3 is 1. The average Bonchev–Trinajstić information content (AvgIpc) is 2.46. The lowest BCUT2D eigenvalue weighted by Crippen LogP contribution is -2.21. The van der Waals surface area contributed by atoms with Gasteiger partial charge in [-0.2, -0.15) is 0 Å². The van der Waals surface area contributed by atoms with Crippen LogP contribution in [0.5, 0.6) is 5.75 Å². The van der Waals surface area contributed by atoms with E-state index in [1.807, 2.05) is 24.3 Å². The molecule has 0 bridgehead atoms. The zero-order valence-electron chi connectivity index (χ0n) is 11.5. The lowest BCUT2D eigenvalue weighted by atomic mass is 10.2. The van der Waals surface area contributed by atoms with Crippen LogP contribution in [0.15, 0.2) is 48.5 Å². The van der Waals surface area contributed by atoms with E-state index in [1.54, 1.807) is 7.11 Å². The highest BCUT2D eigenvalue weighted by Gasteiger charge is 2.05. The fraction of sp³-hybridized carbons (Fsp3) is 0.250. The highest BCUT2D eigenvalue weighted by Crippen LogP contribution is 2.20. The van der Waals surface area contributed by atoms with Crippen LogP contribution in [0.25, 0.3) is 0 Å². The molecule has 2 aromatic carbocycles. The van der Waals surface area contributed by atoms with Gasteiger partial charge in [0.05, 0.1) is 7.11 Å². The minimum absolute atomic E-state index is 0.793. The minimum atomic E-state index is 0.793. The first-order valence-corrected chi connectivity index (χ1v) is 6.46.